The van der Waals surface area contributed by atoms with E-state index < -0.39 is 0 Å². The van der Waals surface area contributed by atoms with Crippen molar-refractivity contribution in [2.45, 2.75) is 37.8 Å². The second kappa shape index (κ2) is 5.81. The van der Waals surface area contributed by atoms with E-state index in [0.29, 0.717) is 17.9 Å². The van der Waals surface area contributed by atoms with Gasteiger partial charge in [0.1, 0.15) is 5.82 Å². The van der Waals surface area contributed by atoms with Crippen LogP contribution in [0, 0.1) is 0 Å². The van der Waals surface area contributed by atoms with E-state index in [1.807, 2.05) is 24.1 Å². The van der Waals surface area contributed by atoms with E-state index in [1.165, 1.54) is 18.4 Å². The highest BCUT2D eigenvalue weighted by Crippen LogP contribution is 2.34. The van der Waals surface area contributed by atoms with Crippen LogP contribution in [0.15, 0.2) is 18.5 Å². The lowest BCUT2D eigenvalue weighted by Gasteiger charge is -2.24. The molecule has 1 saturated carbocycles. The lowest BCUT2D eigenvalue weighted by Crippen LogP contribution is -2.26. The van der Waals surface area contributed by atoms with Crippen molar-refractivity contribution in [2.24, 2.45) is 7.05 Å². The minimum atomic E-state index is 0.332. The van der Waals surface area contributed by atoms with Crippen LogP contribution in [0.3, 0.4) is 0 Å². The summed E-state index contributed by atoms with van der Waals surface area (Å²) in [6.07, 6.45) is 7.36. The van der Waals surface area contributed by atoms with Gasteiger partial charge >= 0.3 is 0 Å². The van der Waals surface area contributed by atoms with Crippen molar-refractivity contribution in [2.75, 3.05) is 23.8 Å². The van der Waals surface area contributed by atoms with Gasteiger partial charge in [0, 0.05) is 50.0 Å². The van der Waals surface area contributed by atoms with E-state index in [1.54, 1.807) is 0 Å². The lowest BCUT2D eigenvalue weighted by atomic mass is 10.0. The molecular weight excluding hydrogens is 292 g/mol. The molecule has 0 spiro atoms. The van der Waals surface area contributed by atoms with Crippen LogP contribution in [0.4, 0.5) is 11.8 Å². The van der Waals surface area contributed by atoms with Gasteiger partial charge in [-0.2, -0.15) is 10.1 Å². The summed E-state index contributed by atoms with van der Waals surface area (Å²) in [5.74, 6) is 1.60. The maximum Gasteiger partial charge on any atom is 0.222 e. The molecule has 2 N–H and O–H groups in total. The first-order valence-electron chi connectivity index (χ1n) is 8.15. The normalized spacial score (nSPS) is 20.8. The average molecular weight is 314 g/mol. The number of hydrogen-bond acceptors (Lipinski definition) is 6. The molecule has 1 atom stereocenters. The molecule has 4 rings (SSSR count). The molecule has 2 aromatic heterocycles. The van der Waals surface area contributed by atoms with E-state index in [4.69, 9.17) is 10.5 Å². The summed E-state index contributed by atoms with van der Waals surface area (Å²) in [4.78, 5) is 11.3. The van der Waals surface area contributed by atoms with Gasteiger partial charge in [-0.15, -0.1) is 0 Å². The first-order chi connectivity index (χ1) is 11.2. The zero-order valence-electron chi connectivity index (χ0n) is 13.4. The van der Waals surface area contributed by atoms with Gasteiger partial charge in [0.2, 0.25) is 5.95 Å². The highest BCUT2D eigenvalue weighted by Gasteiger charge is 2.31. The van der Waals surface area contributed by atoms with Crippen LogP contribution in [0.5, 0.6) is 0 Å². The molecular formula is C16H22N6O. The first kappa shape index (κ1) is 14.4. The smallest absolute Gasteiger partial charge is 0.222 e. The van der Waals surface area contributed by atoms with Crippen molar-refractivity contribution >= 4 is 11.8 Å². The molecule has 0 unspecified atom stereocenters. The summed E-state index contributed by atoms with van der Waals surface area (Å²) in [5, 5.41) is 4.26. The number of nitrogen functional groups attached to an aromatic ring is 1. The minimum Gasteiger partial charge on any atom is -0.381 e. The van der Waals surface area contributed by atoms with Gasteiger partial charge < -0.3 is 15.4 Å². The first-order valence-corrected chi connectivity index (χ1v) is 8.15. The van der Waals surface area contributed by atoms with Gasteiger partial charge in [-0.3, -0.25) is 4.68 Å². The molecule has 1 saturated heterocycles. The van der Waals surface area contributed by atoms with E-state index in [-0.39, 0.29) is 0 Å². The summed E-state index contributed by atoms with van der Waals surface area (Å²) < 4.78 is 7.31. The third-order valence-electron chi connectivity index (χ3n) is 4.49. The van der Waals surface area contributed by atoms with Crippen LogP contribution in [-0.4, -0.2) is 39.0 Å². The number of rotatable bonds is 5. The summed E-state index contributed by atoms with van der Waals surface area (Å²) in [7, 11) is 1.94. The van der Waals surface area contributed by atoms with Crippen molar-refractivity contribution in [3.05, 3.63) is 29.7 Å². The van der Waals surface area contributed by atoms with Crippen LogP contribution in [0.2, 0.25) is 0 Å². The summed E-state index contributed by atoms with van der Waals surface area (Å²) in [5.41, 5.74) is 8.16. The number of nitrogens with zero attached hydrogens (tertiary/aromatic N) is 5. The third-order valence-corrected chi connectivity index (χ3v) is 4.49. The van der Waals surface area contributed by atoms with Crippen LogP contribution < -0.4 is 10.6 Å². The number of anilines is 2. The van der Waals surface area contributed by atoms with Crippen molar-refractivity contribution in [1.29, 1.82) is 0 Å². The Morgan fingerprint density at radius 3 is 2.87 bits per heavy atom. The fourth-order valence-electron chi connectivity index (χ4n) is 3.13. The summed E-state index contributed by atoms with van der Waals surface area (Å²) in [6.45, 7) is 2.32. The van der Waals surface area contributed by atoms with Gasteiger partial charge in [0.05, 0.1) is 18.5 Å². The lowest BCUT2D eigenvalue weighted by molar-refractivity contribution is 0.193. The molecule has 2 aliphatic rings. The molecule has 2 fully saturated rings. The summed E-state index contributed by atoms with van der Waals surface area (Å²) in [6, 6.07) is 2.63. The average Bonchev–Trinajstić information content (AvgIpc) is 3.05. The largest absolute Gasteiger partial charge is 0.381 e. The Hall–Kier alpha value is -2.15. The molecule has 0 radical (unpaired) electrons. The molecule has 0 amide bonds. The van der Waals surface area contributed by atoms with Gasteiger partial charge in [0.15, 0.2) is 0 Å². The second-order valence-electron chi connectivity index (χ2n) is 6.45. The zero-order chi connectivity index (χ0) is 15.8. The summed E-state index contributed by atoms with van der Waals surface area (Å²) >= 11 is 0. The fourth-order valence-corrected chi connectivity index (χ4v) is 3.13. The van der Waals surface area contributed by atoms with E-state index in [2.05, 4.69) is 26.0 Å². The highest BCUT2D eigenvalue weighted by molar-refractivity contribution is 5.47. The highest BCUT2D eigenvalue weighted by atomic mass is 16.5. The number of nitrogens with two attached hydrogens (primary N) is 1. The van der Waals surface area contributed by atoms with E-state index in [9.17, 15) is 0 Å². The molecule has 1 aliphatic heterocycles. The Bertz CT molecular complexity index is 690. The Balaban J connectivity index is 1.62. The van der Waals surface area contributed by atoms with E-state index >= 15 is 0 Å². The quantitative estimate of drug-likeness (QED) is 0.900. The van der Waals surface area contributed by atoms with Gasteiger partial charge in [-0.1, -0.05) is 0 Å². The molecule has 0 aromatic carbocycles. The monoisotopic (exact) mass is 314 g/mol. The molecule has 7 heteroatoms. The minimum absolute atomic E-state index is 0.332. The molecule has 1 aliphatic carbocycles. The van der Waals surface area contributed by atoms with Crippen molar-refractivity contribution in [3.63, 3.8) is 0 Å². The molecule has 0 bridgehead atoms. The van der Waals surface area contributed by atoms with Crippen LogP contribution in [0.25, 0.3) is 0 Å². The Morgan fingerprint density at radius 1 is 1.35 bits per heavy atom. The van der Waals surface area contributed by atoms with E-state index in [0.717, 1.165) is 37.7 Å². The molecule has 3 heterocycles. The Labute approximate surface area is 135 Å². The molecule has 122 valence electrons. The maximum atomic E-state index is 5.98. The van der Waals surface area contributed by atoms with Gasteiger partial charge in [0.25, 0.3) is 0 Å². The fraction of sp³-hybridized carbons (Fsp3) is 0.562. The predicted octanol–water partition coefficient (Wildman–Crippen LogP) is 1.47. The van der Waals surface area contributed by atoms with Crippen molar-refractivity contribution in [3.8, 4) is 0 Å². The number of aromatic nitrogens is 4. The number of aryl methyl sites for hydroxylation is 1. The molecule has 7 nitrogen and oxygen atoms in total. The van der Waals surface area contributed by atoms with Gasteiger partial charge in [-0.25, -0.2) is 4.98 Å². The third kappa shape index (κ3) is 3.14. The standard InChI is InChI=1S/C16H22N6O/c1-21-8-11(7-18-21)9-22(13-2-3-13)15-6-14(19-16(17)20-15)12-4-5-23-10-12/h6-8,12-13H,2-5,9-10H2,1H3,(H2,17,19,20)/t12-/m0/s1. The SMILES string of the molecule is Cn1cc(CN(c2cc([C@H]3CCOC3)nc(N)n2)C2CC2)cn1. The zero-order valence-corrected chi connectivity index (χ0v) is 13.4. The van der Waals surface area contributed by atoms with Crippen LogP contribution >= 0.6 is 0 Å². The van der Waals surface area contributed by atoms with Crippen LogP contribution in [-0.2, 0) is 18.3 Å². The molecule has 23 heavy (non-hydrogen) atoms. The number of hydrogen-bond donors (Lipinski definition) is 1. The van der Waals surface area contributed by atoms with Crippen LogP contribution in [0.1, 0.15) is 36.4 Å². The number of ether oxygens (including phenoxy) is 1. The molecule has 2 aromatic rings. The maximum absolute atomic E-state index is 5.98. The topological polar surface area (TPSA) is 82.1 Å². The van der Waals surface area contributed by atoms with Crippen molar-refractivity contribution in [1.82, 2.24) is 19.7 Å². The van der Waals surface area contributed by atoms with Crippen molar-refractivity contribution < 1.29 is 4.74 Å². The van der Waals surface area contributed by atoms with Gasteiger partial charge in [-0.05, 0) is 19.3 Å². The second-order valence-corrected chi connectivity index (χ2v) is 6.45. The Morgan fingerprint density at radius 2 is 2.22 bits per heavy atom. The Kier molecular flexibility index (Phi) is 3.65. The predicted molar refractivity (Wildman–Crippen MR) is 87.0 cm³/mol.